The van der Waals surface area contributed by atoms with Crippen molar-refractivity contribution in [3.63, 3.8) is 0 Å². The monoisotopic (exact) mass is 158 g/mol. The second-order valence-corrected chi connectivity index (χ2v) is 3.31. The molecule has 0 aliphatic heterocycles. The molecule has 0 aromatic rings. The van der Waals surface area contributed by atoms with Crippen LogP contribution in [0.25, 0.3) is 0 Å². The SMILES string of the molecule is CC(=O)O[C@]1(C)CCC[C@@H]1O. The molecule has 2 atom stereocenters. The van der Waals surface area contributed by atoms with Crippen molar-refractivity contribution in [2.24, 2.45) is 0 Å². The molecule has 0 aromatic heterocycles. The van der Waals surface area contributed by atoms with Gasteiger partial charge in [0, 0.05) is 6.92 Å². The summed E-state index contributed by atoms with van der Waals surface area (Å²) >= 11 is 0. The van der Waals surface area contributed by atoms with Crippen LogP contribution < -0.4 is 0 Å². The first-order valence-corrected chi connectivity index (χ1v) is 3.92. The van der Waals surface area contributed by atoms with E-state index in [9.17, 15) is 9.90 Å². The number of hydrogen-bond acceptors (Lipinski definition) is 3. The zero-order chi connectivity index (χ0) is 8.48. The third-order valence-electron chi connectivity index (χ3n) is 2.23. The Kier molecular flexibility index (Phi) is 2.18. The van der Waals surface area contributed by atoms with Crippen LogP contribution in [-0.2, 0) is 9.53 Å². The van der Waals surface area contributed by atoms with Crippen LogP contribution in [0.4, 0.5) is 0 Å². The molecule has 1 fully saturated rings. The van der Waals surface area contributed by atoms with E-state index < -0.39 is 11.7 Å². The van der Waals surface area contributed by atoms with E-state index in [0.29, 0.717) is 0 Å². The van der Waals surface area contributed by atoms with Crippen molar-refractivity contribution in [1.82, 2.24) is 0 Å². The van der Waals surface area contributed by atoms with Crippen molar-refractivity contribution in [3.05, 3.63) is 0 Å². The fourth-order valence-corrected chi connectivity index (χ4v) is 1.57. The lowest BCUT2D eigenvalue weighted by Crippen LogP contribution is -2.38. The number of hydrogen-bond donors (Lipinski definition) is 1. The van der Waals surface area contributed by atoms with E-state index in [1.807, 2.05) is 0 Å². The van der Waals surface area contributed by atoms with Gasteiger partial charge < -0.3 is 9.84 Å². The first-order valence-electron chi connectivity index (χ1n) is 3.92. The first-order chi connectivity index (χ1) is 5.04. The fraction of sp³-hybridized carbons (Fsp3) is 0.875. The molecular weight excluding hydrogens is 144 g/mol. The van der Waals surface area contributed by atoms with Crippen LogP contribution in [0.1, 0.15) is 33.1 Å². The minimum Gasteiger partial charge on any atom is -0.457 e. The van der Waals surface area contributed by atoms with Crippen LogP contribution in [-0.4, -0.2) is 22.8 Å². The van der Waals surface area contributed by atoms with Crippen LogP contribution >= 0.6 is 0 Å². The second-order valence-electron chi connectivity index (χ2n) is 3.31. The van der Waals surface area contributed by atoms with Gasteiger partial charge in [-0.05, 0) is 26.2 Å². The number of carbonyl (C=O) groups is 1. The maximum Gasteiger partial charge on any atom is 0.303 e. The normalized spacial score (nSPS) is 37.2. The van der Waals surface area contributed by atoms with Gasteiger partial charge in [-0.2, -0.15) is 0 Å². The Morgan fingerprint density at radius 1 is 1.73 bits per heavy atom. The first kappa shape index (κ1) is 8.53. The van der Waals surface area contributed by atoms with Gasteiger partial charge in [0.05, 0.1) is 6.10 Å². The molecule has 3 nitrogen and oxygen atoms in total. The molecule has 1 aliphatic rings. The average molecular weight is 158 g/mol. The van der Waals surface area contributed by atoms with Gasteiger partial charge in [-0.25, -0.2) is 0 Å². The molecule has 1 saturated carbocycles. The van der Waals surface area contributed by atoms with Gasteiger partial charge in [-0.3, -0.25) is 4.79 Å². The van der Waals surface area contributed by atoms with Gasteiger partial charge >= 0.3 is 5.97 Å². The molecule has 1 rings (SSSR count). The molecule has 1 N–H and O–H groups in total. The largest absolute Gasteiger partial charge is 0.457 e. The van der Waals surface area contributed by atoms with E-state index >= 15 is 0 Å². The minimum absolute atomic E-state index is 0.312. The van der Waals surface area contributed by atoms with Crippen LogP contribution in [0.2, 0.25) is 0 Å². The summed E-state index contributed by atoms with van der Waals surface area (Å²) in [4.78, 5) is 10.6. The minimum atomic E-state index is -0.619. The van der Waals surface area contributed by atoms with Crippen LogP contribution in [0, 0.1) is 0 Å². The molecule has 0 aromatic carbocycles. The third kappa shape index (κ3) is 1.71. The predicted octanol–water partition coefficient (Wildman–Crippen LogP) is 0.853. The van der Waals surface area contributed by atoms with Crippen molar-refractivity contribution in [2.45, 2.75) is 44.8 Å². The number of carbonyl (C=O) groups excluding carboxylic acids is 1. The lowest BCUT2D eigenvalue weighted by atomic mass is 10.0. The molecule has 0 radical (unpaired) electrons. The van der Waals surface area contributed by atoms with Gasteiger partial charge in [-0.15, -0.1) is 0 Å². The Morgan fingerprint density at radius 3 is 2.73 bits per heavy atom. The Bertz CT molecular complexity index is 167. The fourth-order valence-electron chi connectivity index (χ4n) is 1.57. The molecule has 0 spiro atoms. The third-order valence-corrected chi connectivity index (χ3v) is 2.23. The van der Waals surface area contributed by atoms with Gasteiger partial charge in [0.2, 0.25) is 0 Å². The van der Waals surface area contributed by atoms with Crippen LogP contribution in [0.15, 0.2) is 0 Å². The molecule has 0 heterocycles. The summed E-state index contributed by atoms with van der Waals surface area (Å²) in [5, 5.41) is 9.42. The Balaban J connectivity index is 2.58. The van der Waals surface area contributed by atoms with Gasteiger partial charge in [0.1, 0.15) is 5.60 Å². The molecule has 64 valence electrons. The molecule has 0 unspecified atom stereocenters. The number of esters is 1. The summed E-state index contributed by atoms with van der Waals surface area (Å²) < 4.78 is 5.02. The summed E-state index contributed by atoms with van der Waals surface area (Å²) in [7, 11) is 0. The van der Waals surface area contributed by atoms with E-state index in [0.717, 1.165) is 19.3 Å². The second kappa shape index (κ2) is 2.81. The van der Waals surface area contributed by atoms with Crippen molar-refractivity contribution in [1.29, 1.82) is 0 Å². The Labute approximate surface area is 66.4 Å². The van der Waals surface area contributed by atoms with E-state index in [4.69, 9.17) is 4.74 Å². The van der Waals surface area contributed by atoms with E-state index in [1.54, 1.807) is 6.92 Å². The van der Waals surface area contributed by atoms with E-state index in [1.165, 1.54) is 6.92 Å². The lowest BCUT2D eigenvalue weighted by Gasteiger charge is -2.27. The van der Waals surface area contributed by atoms with Crippen molar-refractivity contribution in [3.8, 4) is 0 Å². The Morgan fingerprint density at radius 2 is 2.36 bits per heavy atom. The molecule has 0 bridgehead atoms. The van der Waals surface area contributed by atoms with Crippen molar-refractivity contribution >= 4 is 5.97 Å². The maximum absolute atomic E-state index is 10.6. The van der Waals surface area contributed by atoms with E-state index in [-0.39, 0.29) is 5.97 Å². The van der Waals surface area contributed by atoms with Gasteiger partial charge in [0.15, 0.2) is 0 Å². The number of aliphatic hydroxyl groups is 1. The van der Waals surface area contributed by atoms with E-state index in [2.05, 4.69) is 0 Å². The number of aliphatic hydroxyl groups excluding tert-OH is 1. The smallest absolute Gasteiger partial charge is 0.303 e. The summed E-state index contributed by atoms with van der Waals surface area (Å²) in [6, 6.07) is 0. The molecule has 1 aliphatic carbocycles. The topological polar surface area (TPSA) is 46.5 Å². The zero-order valence-corrected chi connectivity index (χ0v) is 6.96. The molecular formula is C8H14O3. The maximum atomic E-state index is 10.6. The lowest BCUT2D eigenvalue weighted by molar-refractivity contribution is -0.163. The van der Waals surface area contributed by atoms with Gasteiger partial charge in [-0.1, -0.05) is 0 Å². The molecule has 0 amide bonds. The summed E-state index contributed by atoms with van der Waals surface area (Å²) in [6.45, 7) is 3.16. The average Bonchev–Trinajstić information content (AvgIpc) is 2.11. The highest BCUT2D eigenvalue weighted by Crippen LogP contribution is 2.32. The number of rotatable bonds is 1. The highest BCUT2D eigenvalue weighted by Gasteiger charge is 2.40. The summed E-state index contributed by atoms with van der Waals surface area (Å²) in [6.07, 6.45) is 1.97. The van der Waals surface area contributed by atoms with Crippen LogP contribution in [0.3, 0.4) is 0 Å². The molecule has 0 saturated heterocycles. The standard InChI is InChI=1S/C8H14O3/c1-6(9)11-8(2)5-3-4-7(8)10/h7,10H,3-5H2,1-2H3/t7-,8+/m0/s1. The predicted molar refractivity (Wildman–Crippen MR) is 40.0 cm³/mol. The Hall–Kier alpha value is -0.570. The summed E-state index contributed by atoms with van der Waals surface area (Å²) in [5.41, 5.74) is -0.619. The molecule has 11 heavy (non-hydrogen) atoms. The zero-order valence-electron chi connectivity index (χ0n) is 6.96. The summed E-state index contributed by atoms with van der Waals surface area (Å²) in [5.74, 6) is -0.312. The highest BCUT2D eigenvalue weighted by atomic mass is 16.6. The number of ether oxygens (including phenoxy) is 1. The van der Waals surface area contributed by atoms with Crippen molar-refractivity contribution < 1.29 is 14.6 Å². The van der Waals surface area contributed by atoms with Crippen LogP contribution in [0.5, 0.6) is 0 Å². The quantitative estimate of drug-likeness (QED) is 0.575. The van der Waals surface area contributed by atoms with Gasteiger partial charge in [0.25, 0.3) is 0 Å². The van der Waals surface area contributed by atoms with Crippen molar-refractivity contribution in [2.75, 3.05) is 0 Å². The molecule has 3 heteroatoms. The highest BCUT2D eigenvalue weighted by molar-refractivity contribution is 5.66.